The van der Waals surface area contributed by atoms with E-state index in [0.717, 1.165) is 5.56 Å². The van der Waals surface area contributed by atoms with E-state index in [4.69, 9.17) is 5.11 Å². The van der Waals surface area contributed by atoms with Crippen molar-refractivity contribution >= 4 is 31.6 Å². The molecule has 0 aliphatic heterocycles. The molecule has 0 spiro atoms. The van der Waals surface area contributed by atoms with Gasteiger partial charge < -0.3 is 5.11 Å². The highest BCUT2D eigenvalue weighted by molar-refractivity contribution is 9.10. The summed E-state index contributed by atoms with van der Waals surface area (Å²) in [6.07, 6.45) is 0. The van der Waals surface area contributed by atoms with E-state index in [1.54, 1.807) is 24.3 Å². The number of aliphatic hydroxyl groups is 1. The van der Waals surface area contributed by atoms with Crippen molar-refractivity contribution in [2.45, 2.75) is 18.4 Å². The molecule has 0 saturated carbocycles. The maximum atomic E-state index is 12.3. The van der Waals surface area contributed by atoms with Crippen molar-refractivity contribution < 1.29 is 13.5 Å². The molecule has 2 aromatic carbocycles. The fourth-order valence-electron chi connectivity index (χ4n) is 1.73. The zero-order valence-electron chi connectivity index (χ0n) is 10.8. The van der Waals surface area contributed by atoms with Crippen LogP contribution in [-0.2, 0) is 16.6 Å². The van der Waals surface area contributed by atoms with Crippen molar-refractivity contribution in [3.05, 3.63) is 58.1 Å². The van der Waals surface area contributed by atoms with Gasteiger partial charge in [0.15, 0.2) is 0 Å². The van der Waals surface area contributed by atoms with Crippen LogP contribution in [-0.4, -0.2) is 13.5 Å². The van der Waals surface area contributed by atoms with Crippen molar-refractivity contribution in [1.29, 1.82) is 0 Å². The zero-order chi connectivity index (χ0) is 14.8. The molecule has 4 nitrogen and oxygen atoms in total. The first-order valence-electron chi connectivity index (χ1n) is 5.91. The Bertz CT molecular complexity index is 729. The van der Waals surface area contributed by atoms with Gasteiger partial charge in [0.2, 0.25) is 0 Å². The summed E-state index contributed by atoms with van der Waals surface area (Å²) in [4.78, 5) is 0.123. The predicted octanol–water partition coefficient (Wildman–Crippen LogP) is 3.05. The first kappa shape index (κ1) is 15.0. The molecule has 0 radical (unpaired) electrons. The lowest BCUT2D eigenvalue weighted by molar-refractivity contribution is 0.281. The van der Waals surface area contributed by atoms with E-state index in [9.17, 15) is 8.42 Å². The third kappa shape index (κ3) is 3.39. The minimum absolute atomic E-state index is 0.123. The topological polar surface area (TPSA) is 66.4 Å². The number of aliphatic hydroxyl groups excluding tert-OH is 1. The molecule has 0 unspecified atom stereocenters. The summed E-state index contributed by atoms with van der Waals surface area (Å²) in [7, 11) is -3.68. The van der Waals surface area contributed by atoms with Crippen LogP contribution in [0.5, 0.6) is 0 Å². The van der Waals surface area contributed by atoms with Gasteiger partial charge >= 0.3 is 0 Å². The van der Waals surface area contributed by atoms with E-state index in [1.165, 1.54) is 12.1 Å². The van der Waals surface area contributed by atoms with Crippen LogP contribution in [0.4, 0.5) is 5.69 Å². The number of hydrogen-bond acceptors (Lipinski definition) is 3. The Morgan fingerprint density at radius 2 is 1.95 bits per heavy atom. The van der Waals surface area contributed by atoms with Crippen LogP contribution in [0, 0.1) is 6.92 Å². The fourth-order valence-corrected chi connectivity index (χ4v) is 3.35. The number of nitrogens with one attached hydrogen (secondary N) is 1. The lowest BCUT2D eigenvalue weighted by atomic mass is 10.2. The van der Waals surface area contributed by atoms with Gasteiger partial charge in [0.1, 0.15) is 0 Å². The van der Waals surface area contributed by atoms with E-state index in [0.29, 0.717) is 15.7 Å². The predicted molar refractivity (Wildman–Crippen MR) is 82.1 cm³/mol. The molecule has 0 atom stereocenters. The minimum Gasteiger partial charge on any atom is -0.392 e. The summed E-state index contributed by atoms with van der Waals surface area (Å²) >= 11 is 3.32. The second-order valence-electron chi connectivity index (χ2n) is 4.39. The molecular weight excluding hydrogens is 342 g/mol. The van der Waals surface area contributed by atoms with E-state index in [2.05, 4.69) is 20.7 Å². The number of anilines is 1. The Balaban J connectivity index is 2.38. The van der Waals surface area contributed by atoms with E-state index in [1.807, 2.05) is 13.0 Å². The lowest BCUT2D eigenvalue weighted by Gasteiger charge is -2.11. The van der Waals surface area contributed by atoms with Gasteiger partial charge in [-0.25, -0.2) is 8.42 Å². The summed E-state index contributed by atoms with van der Waals surface area (Å²) in [6.45, 7) is 1.69. The van der Waals surface area contributed by atoms with Crippen LogP contribution in [0.3, 0.4) is 0 Å². The van der Waals surface area contributed by atoms with Crippen LogP contribution in [0.25, 0.3) is 0 Å². The lowest BCUT2D eigenvalue weighted by Crippen LogP contribution is -2.13. The molecule has 0 amide bonds. The first-order chi connectivity index (χ1) is 9.42. The molecule has 20 heavy (non-hydrogen) atoms. The molecule has 0 aliphatic carbocycles. The average Bonchev–Trinajstić information content (AvgIpc) is 2.43. The van der Waals surface area contributed by atoms with Crippen LogP contribution < -0.4 is 4.72 Å². The Kier molecular flexibility index (Phi) is 4.47. The normalized spacial score (nSPS) is 11.3. The van der Waals surface area contributed by atoms with Crippen molar-refractivity contribution in [2.24, 2.45) is 0 Å². The van der Waals surface area contributed by atoms with E-state index in [-0.39, 0.29) is 11.5 Å². The van der Waals surface area contributed by atoms with Gasteiger partial charge in [0.05, 0.1) is 17.2 Å². The molecule has 0 aliphatic rings. The maximum Gasteiger partial charge on any atom is 0.261 e. The number of hydrogen-bond donors (Lipinski definition) is 2. The molecule has 0 heterocycles. The third-order valence-corrected chi connectivity index (χ3v) is 4.81. The second kappa shape index (κ2) is 5.95. The molecule has 0 bridgehead atoms. The zero-order valence-corrected chi connectivity index (χ0v) is 13.2. The van der Waals surface area contributed by atoms with Gasteiger partial charge in [-0.2, -0.15) is 0 Å². The second-order valence-corrected chi connectivity index (χ2v) is 6.93. The largest absolute Gasteiger partial charge is 0.392 e. The Hall–Kier alpha value is -1.37. The molecule has 2 aromatic rings. The number of sulfonamides is 1. The van der Waals surface area contributed by atoms with Crippen LogP contribution in [0.1, 0.15) is 11.1 Å². The summed E-state index contributed by atoms with van der Waals surface area (Å²) in [5.41, 5.74) is 1.99. The molecule has 6 heteroatoms. The SMILES string of the molecule is Cc1ccc(Br)c(NS(=O)(=O)c2cccc(CO)c2)c1. The van der Waals surface area contributed by atoms with E-state index >= 15 is 0 Å². The summed E-state index contributed by atoms with van der Waals surface area (Å²) in [5.74, 6) is 0. The van der Waals surface area contributed by atoms with Crippen molar-refractivity contribution in [2.75, 3.05) is 4.72 Å². The number of aryl methyl sites for hydroxylation is 1. The Labute approximate surface area is 126 Å². The van der Waals surface area contributed by atoms with Gasteiger partial charge in [-0.05, 0) is 58.2 Å². The smallest absolute Gasteiger partial charge is 0.261 e. The minimum atomic E-state index is -3.68. The number of benzene rings is 2. The maximum absolute atomic E-state index is 12.3. The first-order valence-corrected chi connectivity index (χ1v) is 8.19. The van der Waals surface area contributed by atoms with Crippen molar-refractivity contribution in [1.82, 2.24) is 0 Å². The van der Waals surface area contributed by atoms with Gasteiger partial charge in [0, 0.05) is 4.47 Å². The van der Waals surface area contributed by atoms with E-state index < -0.39 is 10.0 Å². The molecule has 0 aromatic heterocycles. The highest BCUT2D eigenvalue weighted by atomic mass is 79.9. The van der Waals surface area contributed by atoms with Crippen LogP contribution in [0.2, 0.25) is 0 Å². The molecule has 2 N–H and O–H groups in total. The number of rotatable bonds is 4. The highest BCUT2D eigenvalue weighted by Crippen LogP contribution is 2.26. The van der Waals surface area contributed by atoms with Crippen molar-refractivity contribution in [3.8, 4) is 0 Å². The quantitative estimate of drug-likeness (QED) is 0.885. The standard InChI is InChI=1S/C14H14BrNO3S/c1-10-5-6-13(15)14(7-10)16-20(18,19)12-4-2-3-11(8-12)9-17/h2-8,16-17H,9H2,1H3. The Morgan fingerprint density at radius 1 is 1.20 bits per heavy atom. The third-order valence-electron chi connectivity index (χ3n) is 2.76. The Morgan fingerprint density at radius 3 is 2.65 bits per heavy atom. The highest BCUT2D eigenvalue weighted by Gasteiger charge is 2.16. The van der Waals surface area contributed by atoms with Gasteiger partial charge in [-0.3, -0.25) is 4.72 Å². The van der Waals surface area contributed by atoms with Crippen LogP contribution >= 0.6 is 15.9 Å². The van der Waals surface area contributed by atoms with Crippen LogP contribution in [0.15, 0.2) is 51.8 Å². The van der Waals surface area contributed by atoms with Gasteiger partial charge in [-0.1, -0.05) is 18.2 Å². The molecule has 0 saturated heterocycles. The monoisotopic (exact) mass is 355 g/mol. The molecule has 2 rings (SSSR count). The summed E-state index contributed by atoms with van der Waals surface area (Å²) in [6, 6.07) is 11.6. The average molecular weight is 356 g/mol. The fraction of sp³-hybridized carbons (Fsp3) is 0.143. The molecule has 0 fully saturated rings. The molecule has 106 valence electrons. The summed E-state index contributed by atoms with van der Waals surface area (Å²) in [5, 5.41) is 9.08. The molecular formula is C14H14BrNO3S. The summed E-state index contributed by atoms with van der Waals surface area (Å²) < 4.78 is 27.8. The van der Waals surface area contributed by atoms with Gasteiger partial charge in [-0.15, -0.1) is 0 Å². The van der Waals surface area contributed by atoms with Gasteiger partial charge in [0.25, 0.3) is 10.0 Å². The number of halogens is 1. The van der Waals surface area contributed by atoms with Crippen molar-refractivity contribution in [3.63, 3.8) is 0 Å².